The molecule has 0 saturated carbocycles. The summed E-state index contributed by atoms with van der Waals surface area (Å²) in [5, 5.41) is 20.3. The highest BCUT2D eigenvalue weighted by atomic mass is 35.5. The molecule has 2 aromatic rings. The van der Waals surface area contributed by atoms with Crippen LogP contribution in [-0.2, 0) is 4.74 Å². The average Bonchev–Trinajstić information content (AvgIpc) is 3.04. The van der Waals surface area contributed by atoms with Crippen LogP contribution in [0.25, 0.3) is 10.8 Å². The molecule has 0 aliphatic carbocycles. The highest BCUT2D eigenvalue weighted by Gasteiger charge is 2.34. The Kier molecular flexibility index (Phi) is 5.27. The van der Waals surface area contributed by atoms with Gasteiger partial charge in [-0.2, -0.15) is 0 Å². The summed E-state index contributed by atoms with van der Waals surface area (Å²) in [5.41, 5.74) is -0.255. The number of ether oxygens (including phenoxy) is 2. The van der Waals surface area contributed by atoms with Crippen LogP contribution in [0.15, 0.2) is 18.2 Å². The maximum Gasteiger partial charge on any atom is 0.507 e. The highest BCUT2D eigenvalue weighted by molar-refractivity contribution is 6.35. The van der Waals surface area contributed by atoms with E-state index in [1.54, 1.807) is 18.2 Å². The number of benzene rings is 1. The molecular formula is C18H19ClN2O6. The van der Waals surface area contributed by atoms with Crippen LogP contribution in [0.4, 0.5) is 4.79 Å². The number of carboxylic acid groups (broad SMARTS) is 1. The molecule has 0 radical (unpaired) electrons. The topological polar surface area (TPSA) is 109 Å². The number of aromatic nitrogens is 1. The molecule has 144 valence electrons. The molecule has 1 saturated heterocycles. The second kappa shape index (κ2) is 7.48. The van der Waals surface area contributed by atoms with Crippen LogP contribution in [0.1, 0.15) is 37.2 Å². The molecule has 1 aromatic carbocycles. The van der Waals surface area contributed by atoms with E-state index in [4.69, 9.17) is 26.2 Å². The molecule has 2 N–H and O–H groups in total. The van der Waals surface area contributed by atoms with Crippen molar-refractivity contribution in [1.82, 2.24) is 9.88 Å². The zero-order valence-corrected chi connectivity index (χ0v) is 15.6. The average molecular weight is 395 g/mol. The SMILES string of the molecule is CC(C)Oc1ccc2c(Cl)nc(C(=O)N3CCC[C@H]3OC(=O)O)c(O)c2c1. The first-order chi connectivity index (χ1) is 12.8. The summed E-state index contributed by atoms with van der Waals surface area (Å²) < 4.78 is 10.4. The number of likely N-dealkylation sites (tertiary alicyclic amines) is 1. The minimum absolute atomic E-state index is 0.0529. The van der Waals surface area contributed by atoms with Gasteiger partial charge in [0.15, 0.2) is 17.7 Å². The first-order valence-corrected chi connectivity index (χ1v) is 8.85. The van der Waals surface area contributed by atoms with E-state index in [9.17, 15) is 14.7 Å². The van der Waals surface area contributed by atoms with Gasteiger partial charge >= 0.3 is 6.16 Å². The molecule has 1 amide bonds. The summed E-state index contributed by atoms with van der Waals surface area (Å²) in [6.45, 7) is 4.03. The highest BCUT2D eigenvalue weighted by Crippen LogP contribution is 2.36. The Bertz CT molecular complexity index is 901. The molecule has 0 spiro atoms. The maximum atomic E-state index is 12.9. The number of hydrogen-bond acceptors (Lipinski definition) is 6. The van der Waals surface area contributed by atoms with Gasteiger partial charge in [-0.15, -0.1) is 0 Å². The quantitative estimate of drug-likeness (QED) is 0.601. The number of halogens is 1. The smallest absolute Gasteiger partial charge is 0.505 e. The summed E-state index contributed by atoms with van der Waals surface area (Å²) in [6, 6.07) is 4.95. The molecular weight excluding hydrogens is 376 g/mol. The summed E-state index contributed by atoms with van der Waals surface area (Å²) in [7, 11) is 0. The summed E-state index contributed by atoms with van der Waals surface area (Å²) in [5.74, 6) is -0.466. The molecule has 1 fully saturated rings. The van der Waals surface area contributed by atoms with Crippen LogP contribution in [0.5, 0.6) is 11.5 Å². The van der Waals surface area contributed by atoms with Gasteiger partial charge in [-0.1, -0.05) is 11.6 Å². The van der Waals surface area contributed by atoms with Crippen molar-refractivity contribution in [2.75, 3.05) is 6.54 Å². The fourth-order valence-corrected chi connectivity index (χ4v) is 3.33. The summed E-state index contributed by atoms with van der Waals surface area (Å²) >= 11 is 6.20. The van der Waals surface area contributed by atoms with Crippen molar-refractivity contribution in [3.63, 3.8) is 0 Å². The number of aromatic hydroxyl groups is 1. The predicted molar refractivity (Wildman–Crippen MR) is 97.4 cm³/mol. The monoisotopic (exact) mass is 394 g/mol. The number of carbonyl (C=O) groups excluding carboxylic acids is 1. The Hall–Kier alpha value is -2.74. The van der Waals surface area contributed by atoms with E-state index in [0.29, 0.717) is 35.9 Å². The minimum atomic E-state index is -1.47. The molecule has 1 aliphatic heterocycles. The van der Waals surface area contributed by atoms with Crippen molar-refractivity contribution in [3.8, 4) is 11.5 Å². The lowest BCUT2D eigenvalue weighted by Crippen LogP contribution is -2.38. The number of nitrogens with zero attached hydrogens (tertiary/aromatic N) is 2. The van der Waals surface area contributed by atoms with Crippen molar-refractivity contribution < 1.29 is 29.3 Å². The Labute approximate surface area is 160 Å². The van der Waals surface area contributed by atoms with Gasteiger partial charge in [0, 0.05) is 23.7 Å². The predicted octanol–water partition coefficient (Wildman–Crippen LogP) is 3.64. The van der Waals surface area contributed by atoms with E-state index in [-0.39, 0.29) is 22.7 Å². The van der Waals surface area contributed by atoms with Gasteiger partial charge in [0.05, 0.1) is 6.10 Å². The summed E-state index contributed by atoms with van der Waals surface area (Å²) in [6.07, 6.45) is -1.49. The summed E-state index contributed by atoms with van der Waals surface area (Å²) in [4.78, 5) is 28.9. The van der Waals surface area contributed by atoms with Gasteiger partial charge in [-0.05, 0) is 38.5 Å². The number of carbonyl (C=O) groups is 2. The fraction of sp³-hybridized carbons (Fsp3) is 0.389. The second-order valence-corrected chi connectivity index (χ2v) is 6.81. The third-order valence-electron chi connectivity index (χ3n) is 4.17. The van der Waals surface area contributed by atoms with Gasteiger partial charge in [-0.3, -0.25) is 4.79 Å². The molecule has 2 heterocycles. The van der Waals surface area contributed by atoms with E-state index in [2.05, 4.69) is 4.98 Å². The number of pyridine rings is 1. The molecule has 8 nitrogen and oxygen atoms in total. The normalized spacial score (nSPS) is 16.7. The van der Waals surface area contributed by atoms with Crippen molar-refractivity contribution in [2.45, 2.75) is 39.0 Å². The van der Waals surface area contributed by atoms with Crippen LogP contribution in [0, 0.1) is 0 Å². The first-order valence-electron chi connectivity index (χ1n) is 8.47. The van der Waals surface area contributed by atoms with Gasteiger partial charge in [-0.25, -0.2) is 9.78 Å². The zero-order valence-electron chi connectivity index (χ0n) is 14.8. The Morgan fingerprint density at radius 2 is 2.07 bits per heavy atom. The van der Waals surface area contributed by atoms with E-state index >= 15 is 0 Å². The van der Waals surface area contributed by atoms with Gasteiger partial charge in [0.1, 0.15) is 10.9 Å². The Morgan fingerprint density at radius 1 is 1.33 bits per heavy atom. The first kappa shape index (κ1) is 19.0. The molecule has 27 heavy (non-hydrogen) atoms. The van der Waals surface area contributed by atoms with Crippen LogP contribution < -0.4 is 4.74 Å². The van der Waals surface area contributed by atoms with Crippen LogP contribution in [0.3, 0.4) is 0 Å². The van der Waals surface area contributed by atoms with Gasteiger partial charge in [0.25, 0.3) is 5.91 Å². The fourth-order valence-electron chi connectivity index (χ4n) is 3.08. The van der Waals surface area contributed by atoms with Gasteiger partial charge < -0.3 is 24.6 Å². The second-order valence-electron chi connectivity index (χ2n) is 6.45. The van der Waals surface area contributed by atoms with E-state index in [1.807, 2.05) is 13.8 Å². The zero-order chi connectivity index (χ0) is 19.7. The van der Waals surface area contributed by atoms with Gasteiger partial charge in [0.2, 0.25) is 0 Å². The van der Waals surface area contributed by atoms with Crippen molar-refractivity contribution in [1.29, 1.82) is 0 Å². The number of fused-ring (bicyclic) bond motifs is 1. The third kappa shape index (κ3) is 3.85. The Balaban J connectivity index is 2.02. The van der Waals surface area contributed by atoms with Crippen LogP contribution in [-0.4, -0.2) is 51.0 Å². The third-order valence-corrected chi connectivity index (χ3v) is 4.46. The van der Waals surface area contributed by atoms with Crippen LogP contribution >= 0.6 is 11.6 Å². The standard InChI is InChI=1S/C18H19ClN2O6/c1-9(2)26-10-5-6-11-12(8-10)15(22)14(20-16(11)19)17(23)21-7-3-4-13(21)27-18(24)25/h5-6,8-9,13,22H,3-4,7H2,1-2H3,(H,24,25)/t13-/m1/s1. The van der Waals surface area contributed by atoms with Crippen molar-refractivity contribution >= 4 is 34.4 Å². The minimum Gasteiger partial charge on any atom is -0.505 e. The molecule has 0 bridgehead atoms. The van der Waals surface area contributed by atoms with E-state index in [0.717, 1.165) is 0 Å². The largest absolute Gasteiger partial charge is 0.507 e. The molecule has 0 unspecified atom stereocenters. The molecule has 3 rings (SSSR count). The molecule has 1 atom stereocenters. The maximum absolute atomic E-state index is 12.9. The lowest BCUT2D eigenvalue weighted by molar-refractivity contribution is -0.00737. The lowest BCUT2D eigenvalue weighted by Gasteiger charge is -2.23. The lowest BCUT2D eigenvalue weighted by atomic mass is 10.1. The molecule has 1 aliphatic rings. The molecule has 9 heteroatoms. The Morgan fingerprint density at radius 3 is 2.74 bits per heavy atom. The van der Waals surface area contributed by atoms with Crippen molar-refractivity contribution in [3.05, 3.63) is 29.0 Å². The molecule has 1 aromatic heterocycles. The van der Waals surface area contributed by atoms with Crippen LogP contribution in [0.2, 0.25) is 5.15 Å². The van der Waals surface area contributed by atoms with E-state index in [1.165, 1.54) is 4.90 Å². The number of hydrogen-bond donors (Lipinski definition) is 2. The van der Waals surface area contributed by atoms with Crippen molar-refractivity contribution in [2.24, 2.45) is 0 Å². The van der Waals surface area contributed by atoms with E-state index < -0.39 is 18.3 Å². The number of amides is 1. The number of rotatable bonds is 4.